The quantitative estimate of drug-likeness (QED) is 0.809. The zero-order valence-corrected chi connectivity index (χ0v) is 14.4. The molecule has 0 bridgehead atoms. The average molecular weight is 327 g/mol. The van der Waals surface area contributed by atoms with E-state index < -0.39 is 0 Å². The van der Waals surface area contributed by atoms with Crippen molar-refractivity contribution in [3.8, 4) is 0 Å². The summed E-state index contributed by atoms with van der Waals surface area (Å²) in [6.07, 6.45) is 2.98. The van der Waals surface area contributed by atoms with Crippen molar-refractivity contribution in [1.29, 1.82) is 0 Å². The molecular weight excluding hydrogens is 304 g/mol. The lowest BCUT2D eigenvalue weighted by Crippen LogP contribution is -2.35. The molecule has 7 heteroatoms. The summed E-state index contributed by atoms with van der Waals surface area (Å²) in [7, 11) is 3.27. The number of likely N-dealkylation sites (N-methyl/N-ethyl adjacent to an activating group) is 1. The molecule has 1 aromatic rings. The number of carbonyl (C=O) groups is 2. The van der Waals surface area contributed by atoms with Gasteiger partial charge in [0.15, 0.2) is 0 Å². The van der Waals surface area contributed by atoms with Crippen molar-refractivity contribution in [1.82, 2.24) is 20.0 Å². The Hall–Kier alpha value is -1.82. The second-order valence-electron chi connectivity index (χ2n) is 5.71. The van der Waals surface area contributed by atoms with Crippen LogP contribution < -0.4 is 5.32 Å². The minimum atomic E-state index is -0.345. The van der Waals surface area contributed by atoms with Gasteiger partial charge in [-0.15, -0.1) is 0 Å². The third-order valence-corrected chi connectivity index (χ3v) is 3.36. The number of nitrogens with zero attached hydrogens (tertiary/aromatic N) is 3. The third-order valence-electron chi connectivity index (χ3n) is 2.96. The number of amides is 2. The van der Waals surface area contributed by atoms with Gasteiger partial charge in [-0.2, -0.15) is 5.10 Å². The van der Waals surface area contributed by atoms with Gasteiger partial charge in [-0.1, -0.05) is 25.4 Å². The molecule has 0 aliphatic carbocycles. The first-order valence-electron chi connectivity index (χ1n) is 7.11. The van der Waals surface area contributed by atoms with Crippen molar-refractivity contribution in [2.24, 2.45) is 5.92 Å². The van der Waals surface area contributed by atoms with E-state index in [1.807, 2.05) is 6.92 Å². The molecule has 0 spiro atoms. The molecule has 0 aliphatic heterocycles. The lowest BCUT2D eigenvalue weighted by molar-refractivity contribution is -0.129. The fourth-order valence-corrected chi connectivity index (χ4v) is 2.07. The van der Waals surface area contributed by atoms with Crippen LogP contribution in [0.3, 0.4) is 0 Å². The summed E-state index contributed by atoms with van der Waals surface area (Å²) in [5, 5.41) is 7.40. The molecule has 22 heavy (non-hydrogen) atoms. The summed E-state index contributed by atoms with van der Waals surface area (Å²) in [6.45, 7) is 6.69. The highest BCUT2D eigenvalue weighted by Gasteiger charge is 2.12. The Labute approximate surface area is 136 Å². The standard InChI is InChI=1S/C15H23ClN4O2/c1-10(2)9-20-15(16)12(11(3)18-20)6-7-13(21)17-8-14(22)19(4)5/h6-7,10H,8-9H2,1-5H3,(H,17,21)/b7-6+. The number of hydrogen-bond acceptors (Lipinski definition) is 3. The Morgan fingerprint density at radius 2 is 2.05 bits per heavy atom. The number of aromatic nitrogens is 2. The molecule has 0 unspecified atom stereocenters. The van der Waals surface area contributed by atoms with E-state index in [4.69, 9.17) is 11.6 Å². The second kappa shape index (κ2) is 7.98. The molecule has 0 atom stereocenters. The van der Waals surface area contributed by atoms with Gasteiger partial charge in [-0.05, 0) is 18.9 Å². The molecule has 0 saturated carbocycles. The van der Waals surface area contributed by atoms with Gasteiger partial charge >= 0.3 is 0 Å². The molecule has 0 saturated heterocycles. The molecule has 1 aromatic heterocycles. The van der Waals surface area contributed by atoms with Crippen molar-refractivity contribution in [3.63, 3.8) is 0 Å². The number of aryl methyl sites for hydroxylation is 1. The Morgan fingerprint density at radius 1 is 1.41 bits per heavy atom. The van der Waals surface area contributed by atoms with Gasteiger partial charge in [0.05, 0.1) is 12.2 Å². The number of halogens is 1. The van der Waals surface area contributed by atoms with Crippen LogP contribution in [-0.4, -0.2) is 47.1 Å². The smallest absolute Gasteiger partial charge is 0.244 e. The van der Waals surface area contributed by atoms with Crippen LogP contribution in [0.15, 0.2) is 6.08 Å². The minimum absolute atomic E-state index is 0.0322. The summed E-state index contributed by atoms with van der Waals surface area (Å²) < 4.78 is 1.73. The van der Waals surface area contributed by atoms with Crippen LogP contribution in [0.1, 0.15) is 25.1 Å². The fraction of sp³-hybridized carbons (Fsp3) is 0.533. The van der Waals surface area contributed by atoms with Gasteiger partial charge < -0.3 is 10.2 Å². The van der Waals surface area contributed by atoms with E-state index in [-0.39, 0.29) is 18.4 Å². The topological polar surface area (TPSA) is 67.2 Å². The first kappa shape index (κ1) is 18.2. The van der Waals surface area contributed by atoms with Crippen molar-refractivity contribution in [3.05, 3.63) is 22.5 Å². The Morgan fingerprint density at radius 3 is 2.59 bits per heavy atom. The average Bonchev–Trinajstić information content (AvgIpc) is 2.67. The molecule has 0 aromatic carbocycles. The van der Waals surface area contributed by atoms with E-state index in [1.54, 1.807) is 24.9 Å². The fourth-order valence-electron chi connectivity index (χ4n) is 1.76. The Bertz CT molecular complexity index is 576. The van der Waals surface area contributed by atoms with Crippen LogP contribution in [0, 0.1) is 12.8 Å². The maximum absolute atomic E-state index is 11.7. The van der Waals surface area contributed by atoms with Gasteiger partial charge in [-0.25, -0.2) is 0 Å². The minimum Gasteiger partial charge on any atom is -0.347 e. The summed E-state index contributed by atoms with van der Waals surface area (Å²) in [5.74, 6) is -0.0861. The zero-order valence-electron chi connectivity index (χ0n) is 13.7. The van der Waals surface area contributed by atoms with E-state index >= 15 is 0 Å². The van der Waals surface area contributed by atoms with Crippen LogP contribution in [0.4, 0.5) is 0 Å². The summed E-state index contributed by atoms with van der Waals surface area (Å²) >= 11 is 6.28. The van der Waals surface area contributed by atoms with Crippen molar-refractivity contribution >= 4 is 29.5 Å². The van der Waals surface area contributed by atoms with Crippen LogP contribution in [0.2, 0.25) is 5.15 Å². The number of rotatable bonds is 6. The van der Waals surface area contributed by atoms with Crippen LogP contribution in [0.25, 0.3) is 6.08 Å². The van der Waals surface area contributed by atoms with E-state index in [9.17, 15) is 9.59 Å². The van der Waals surface area contributed by atoms with Crippen molar-refractivity contribution < 1.29 is 9.59 Å². The summed E-state index contributed by atoms with van der Waals surface area (Å²) in [6, 6.07) is 0. The molecular formula is C15H23ClN4O2. The molecule has 2 amide bonds. The number of carbonyl (C=O) groups excluding carboxylic acids is 2. The lowest BCUT2D eigenvalue weighted by atomic mass is 10.2. The normalized spacial score (nSPS) is 11.2. The van der Waals surface area contributed by atoms with Gasteiger partial charge in [0, 0.05) is 32.3 Å². The zero-order chi connectivity index (χ0) is 16.9. The number of hydrogen-bond donors (Lipinski definition) is 1. The lowest BCUT2D eigenvalue weighted by Gasteiger charge is -2.09. The van der Waals surface area contributed by atoms with Crippen LogP contribution in [0.5, 0.6) is 0 Å². The highest BCUT2D eigenvalue weighted by atomic mass is 35.5. The number of nitrogens with one attached hydrogen (secondary N) is 1. The van der Waals surface area contributed by atoms with Gasteiger partial charge in [0.2, 0.25) is 11.8 Å². The van der Waals surface area contributed by atoms with Gasteiger partial charge in [0.1, 0.15) is 5.15 Å². The van der Waals surface area contributed by atoms with Crippen LogP contribution in [-0.2, 0) is 16.1 Å². The summed E-state index contributed by atoms with van der Waals surface area (Å²) in [5.41, 5.74) is 1.48. The highest BCUT2D eigenvalue weighted by molar-refractivity contribution is 6.31. The predicted octanol–water partition coefficient (Wildman–Crippen LogP) is 1.72. The maximum Gasteiger partial charge on any atom is 0.244 e. The Kier molecular flexibility index (Phi) is 6.61. The van der Waals surface area contributed by atoms with Gasteiger partial charge in [-0.3, -0.25) is 14.3 Å². The first-order valence-corrected chi connectivity index (χ1v) is 7.49. The van der Waals surface area contributed by atoms with E-state index in [1.165, 1.54) is 11.0 Å². The molecule has 1 heterocycles. The first-order chi connectivity index (χ1) is 10.2. The molecule has 1 rings (SSSR count). The van der Waals surface area contributed by atoms with Crippen LogP contribution >= 0.6 is 11.6 Å². The van der Waals surface area contributed by atoms with Gasteiger partial charge in [0.25, 0.3) is 0 Å². The van der Waals surface area contributed by atoms with Crippen molar-refractivity contribution in [2.45, 2.75) is 27.3 Å². The summed E-state index contributed by atoms with van der Waals surface area (Å²) in [4.78, 5) is 24.5. The van der Waals surface area contributed by atoms with E-state index in [0.717, 1.165) is 17.8 Å². The maximum atomic E-state index is 11.7. The molecule has 0 aliphatic rings. The monoisotopic (exact) mass is 326 g/mol. The molecule has 122 valence electrons. The molecule has 6 nitrogen and oxygen atoms in total. The highest BCUT2D eigenvalue weighted by Crippen LogP contribution is 2.22. The Balaban J connectivity index is 2.72. The molecule has 1 N–H and O–H groups in total. The van der Waals surface area contributed by atoms with Crippen molar-refractivity contribution in [2.75, 3.05) is 20.6 Å². The molecule has 0 fully saturated rings. The van der Waals surface area contributed by atoms with E-state index in [0.29, 0.717) is 11.1 Å². The predicted molar refractivity (Wildman–Crippen MR) is 87.5 cm³/mol. The second-order valence-corrected chi connectivity index (χ2v) is 6.06. The largest absolute Gasteiger partial charge is 0.347 e. The molecule has 0 radical (unpaired) electrons. The van der Waals surface area contributed by atoms with E-state index in [2.05, 4.69) is 24.3 Å². The SMILES string of the molecule is Cc1nn(CC(C)C)c(Cl)c1/C=C/C(=O)NCC(=O)N(C)C. The third kappa shape index (κ3) is 5.18.